The van der Waals surface area contributed by atoms with Crippen LogP contribution >= 0.6 is 15.9 Å². The molecule has 4 rings (SSSR count). The molecule has 0 radical (unpaired) electrons. The minimum Gasteiger partial charge on any atom is -0.337 e. The molecule has 0 aliphatic carbocycles. The predicted molar refractivity (Wildman–Crippen MR) is 104 cm³/mol. The average Bonchev–Trinajstić information content (AvgIpc) is 3.21. The SMILES string of the molecule is CC1(c2cccc(Br)c2)NC(=O)N(Cc2nc(Cc3ccccc3)no2)C1=O. The Morgan fingerprint density at radius 2 is 1.93 bits per heavy atom. The maximum absolute atomic E-state index is 13.0. The van der Waals surface area contributed by atoms with Gasteiger partial charge in [-0.3, -0.25) is 9.69 Å². The monoisotopic (exact) mass is 440 g/mol. The van der Waals surface area contributed by atoms with Crippen LogP contribution in [0, 0.1) is 0 Å². The molecular weight excluding hydrogens is 424 g/mol. The van der Waals surface area contributed by atoms with Crippen LogP contribution in [0.15, 0.2) is 63.6 Å². The molecule has 1 fully saturated rings. The lowest BCUT2D eigenvalue weighted by atomic mass is 9.92. The number of hydrogen-bond donors (Lipinski definition) is 1. The minimum absolute atomic E-state index is 0.0734. The van der Waals surface area contributed by atoms with E-state index >= 15 is 0 Å². The Kier molecular flexibility index (Phi) is 4.72. The molecule has 1 aromatic heterocycles. The lowest BCUT2D eigenvalue weighted by Gasteiger charge is -2.22. The van der Waals surface area contributed by atoms with Crippen molar-refractivity contribution in [2.24, 2.45) is 0 Å². The summed E-state index contributed by atoms with van der Waals surface area (Å²) in [5.74, 6) is 0.356. The Labute approximate surface area is 169 Å². The lowest BCUT2D eigenvalue weighted by molar-refractivity contribution is -0.131. The molecule has 1 aliphatic heterocycles. The highest BCUT2D eigenvalue weighted by molar-refractivity contribution is 9.10. The summed E-state index contributed by atoms with van der Waals surface area (Å²) in [7, 11) is 0. The zero-order chi connectivity index (χ0) is 19.7. The number of rotatable bonds is 5. The molecule has 1 atom stereocenters. The Morgan fingerprint density at radius 3 is 2.68 bits per heavy atom. The number of nitrogens with one attached hydrogen (secondary N) is 1. The largest absolute Gasteiger partial charge is 0.337 e. The normalized spacial score (nSPS) is 19.1. The van der Waals surface area contributed by atoms with Gasteiger partial charge in [0.15, 0.2) is 5.82 Å². The average molecular weight is 441 g/mol. The van der Waals surface area contributed by atoms with Crippen molar-refractivity contribution in [2.75, 3.05) is 0 Å². The van der Waals surface area contributed by atoms with Gasteiger partial charge in [-0.05, 0) is 30.2 Å². The number of halogens is 1. The van der Waals surface area contributed by atoms with Crippen LogP contribution < -0.4 is 5.32 Å². The second kappa shape index (κ2) is 7.20. The highest BCUT2D eigenvalue weighted by atomic mass is 79.9. The number of hydrogen-bond acceptors (Lipinski definition) is 5. The van der Waals surface area contributed by atoms with Gasteiger partial charge in [0.05, 0.1) is 0 Å². The molecule has 2 aromatic carbocycles. The molecule has 1 saturated heterocycles. The number of imide groups is 1. The zero-order valence-electron chi connectivity index (χ0n) is 15.1. The van der Waals surface area contributed by atoms with Gasteiger partial charge in [-0.25, -0.2) is 4.79 Å². The fourth-order valence-corrected chi connectivity index (χ4v) is 3.57. The van der Waals surface area contributed by atoms with Gasteiger partial charge in [0.25, 0.3) is 5.91 Å². The number of carbonyl (C=O) groups is 2. The van der Waals surface area contributed by atoms with E-state index < -0.39 is 11.6 Å². The van der Waals surface area contributed by atoms with Crippen LogP contribution in [0.25, 0.3) is 0 Å². The summed E-state index contributed by atoms with van der Waals surface area (Å²) >= 11 is 3.40. The third kappa shape index (κ3) is 3.43. The van der Waals surface area contributed by atoms with E-state index in [-0.39, 0.29) is 18.3 Å². The molecule has 28 heavy (non-hydrogen) atoms. The molecule has 0 saturated carbocycles. The Bertz CT molecular complexity index is 1040. The minimum atomic E-state index is -1.15. The van der Waals surface area contributed by atoms with Crippen LogP contribution in [0.2, 0.25) is 0 Å². The predicted octanol–water partition coefficient (Wildman–Crippen LogP) is 3.39. The van der Waals surface area contributed by atoms with Gasteiger partial charge in [-0.15, -0.1) is 0 Å². The van der Waals surface area contributed by atoms with Crippen molar-refractivity contribution in [1.29, 1.82) is 0 Å². The maximum atomic E-state index is 13.0. The van der Waals surface area contributed by atoms with Crippen LogP contribution in [-0.4, -0.2) is 27.0 Å². The highest BCUT2D eigenvalue weighted by Crippen LogP contribution is 2.31. The van der Waals surface area contributed by atoms with Crippen molar-refractivity contribution >= 4 is 27.9 Å². The van der Waals surface area contributed by atoms with Crippen LogP contribution in [0.1, 0.15) is 29.8 Å². The van der Waals surface area contributed by atoms with E-state index in [1.54, 1.807) is 13.0 Å². The summed E-state index contributed by atoms with van der Waals surface area (Å²) in [4.78, 5) is 30.9. The van der Waals surface area contributed by atoms with E-state index in [0.29, 0.717) is 17.8 Å². The molecule has 0 spiro atoms. The first kappa shape index (κ1) is 18.4. The number of carbonyl (C=O) groups excluding carboxylic acids is 2. The molecule has 3 amide bonds. The molecular formula is C20H17BrN4O3. The van der Waals surface area contributed by atoms with Crippen molar-refractivity contribution in [3.8, 4) is 0 Å². The summed E-state index contributed by atoms with van der Waals surface area (Å²) in [6, 6.07) is 16.6. The Hall–Kier alpha value is -3.00. The third-order valence-electron chi connectivity index (χ3n) is 4.69. The third-order valence-corrected chi connectivity index (χ3v) is 5.18. The number of urea groups is 1. The topological polar surface area (TPSA) is 88.3 Å². The van der Waals surface area contributed by atoms with Crippen molar-refractivity contribution in [1.82, 2.24) is 20.4 Å². The molecule has 1 aliphatic rings. The van der Waals surface area contributed by atoms with E-state index in [9.17, 15) is 9.59 Å². The van der Waals surface area contributed by atoms with E-state index in [4.69, 9.17) is 4.52 Å². The van der Waals surface area contributed by atoms with Gasteiger partial charge < -0.3 is 9.84 Å². The van der Waals surface area contributed by atoms with Gasteiger partial charge in [-0.1, -0.05) is 63.6 Å². The first-order chi connectivity index (χ1) is 13.5. The fourth-order valence-electron chi connectivity index (χ4n) is 3.18. The summed E-state index contributed by atoms with van der Waals surface area (Å²) < 4.78 is 6.07. The molecule has 8 heteroatoms. The maximum Gasteiger partial charge on any atom is 0.325 e. The standard InChI is InChI=1S/C20H17BrN4O3/c1-20(14-8-5-9-15(21)11-14)18(26)25(19(27)23-20)12-17-22-16(24-28-17)10-13-6-3-2-4-7-13/h2-9,11H,10,12H2,1H3,(H,23,27). The van der Waals surface area contributed by atoms with Gasteiger partial charge in [0.1, 0.15) is 12.1 Å². The van der Waals surface area contributed by atoms with Crippen molar-refractivity contribution in [3.63, 3.8) is 0 Å². The van der Waals surface area contributed by atoms with Crippen molar-refractivity contribution in [2.45, 2.75) is 25.4 Å². The number of benzene rings is 2. The molecule has 1 N–H and O–H groups in total. The highest BCUT2D eigenvalue weighted by Gasteiger charge is 2.49. The number of amides is 3. The van der Waals surface area contributed by atoms with E-state index in [1.165, 1.54) is 0 Å². The summed E-state index contributed by atoms with van der Waals surface area (Å²) in [5, 5.41) is 6.72. The molecule has 142 valence electrons. The second-order valence-electron chi connectivity index (χ2n) is 6.72. The number of aromatic nitrogens is 2. The van der Waals surface area contributed by atoms with Crippen LogP contribution in [0.3, 0.4) is 0 Å². The van der Waals surface area contributed by atoms with Crippen molar-refractivity contribution < 1.29 is 14.1 Å². The van der Waals surface area contributed by atoms with Crippen LogP contribution in [0.4, 0.5) is 4.79 Å². The van der Waals surface area contributed by atoms with E-state index in [0.717, 1.165) is 14.9 Å². The van der Waals surface area contributed by atoms with Crippen molar-refractivity contribution in [3.05, 3.63) is 81.9 Å². The smallest absolute Gasteiger partial charge is 0.325 e. The second-order valence-corrected chi connectivity index (χ2v) is 7.64. The Morgan fingerprint density at radius 1 is 1.14 bits per heavy atom. The number of nitrogens with zero attached hydrogens (tertiary/aromatic N) is 3. The lowest BCUT2D eigenvalue weighted by Crippen LogP contribution is -2.40. The van der Waals surface area contributed by atoms with Gasteiger partial charge in [0.2, 0.25) is 5.89 Å². The molecule has 2 heterocycles. The summed E-state index contributed by atoms with van der Waals surface area (Å²) in [6.07, 6.45) is 0.514. The summed E-state index contributed by atoms with van der Waals surface area (Å²) in [6.45, 7) is 1.61. The summed E-state index contributed by atoms with van der Waals surface area (Å²) in [5.41, 5.74) is 0.596. The first-order valence-corrected chi connectivity index (χ1v) is 9.50. The van der Waals surface area contributed by atoms with Gasteiger partial charge in [-0.2, -0.15) is 4.98 Å². The first-order valence-electron chi connectivity index (χ1n) is 8.71. The molecule has 1 unspecified atom stereocenters. The zero-order valence-corrected chi connectivity index (χ0v) is 16.6. The van der Waals surface area contributed by atoms with E-state index in [2.05, 4.69) is 31.4 Å². The molecule has 0 bridgehead atoms. The van der Waals surface area contributed by atoms with Gasteiger partial charge >= 0.3 is 6.03 Å². The molecule has 3 aromatic rings. The van der Waals surface area contributed by atoms with Gasteiger partial charge in [0, 0.05) is 10.9 Å². The quantitative estimate of drug-likeness (QED) is 0.614. The fraction of sp³-hybridized carbons (Fsp3) is 0.200. The molecule has 7 nitrogen and oxygen atoms in total. The Balaban J connectivity index is 1.51. The van der Waals surface area contributed by atoms with Crippen LogP contribution in [0.5, 0.6) is 0 Å². The van der Waals surface area contributed by atoms with E-state index in [1.807, 2.05) is 48.5 Å². The van der Waals surface area contributed by atoms with Crippen LogP contribution in [-0.2, 0) is 23.3 Å².